The first kappa shape index (κ1) is 14.1. The SMILES string of the molecule is O=C(Nc1ccc(Cl)nc1)c1c(O)c2ccccc2oc1=O. The third kappa shape index (κ3) is 2.51. The van der Waals surface area contributed by atoms with Gasteiger partial charge in [-0.25, -0.2) is 9.78 Å². The van der Waals surface area contributed by atoms with E-state index in [1.54, 1.807) is 18.2 Å². The van der Waals surface area contributed by atoms with Crippen LogP contribution in [-0.4, -0.2) is 16.0 Å². The highest BCUT2D eigenvalue weighted by Crippen LogP contribution is 2.26. The molecule has 3 aromatic rings. The number of fused-ring (bicyclic) bond motifs is 1. The third-order valence-electron chi connectivity index (χ3n) is 3.00. The lowest BCUT2D eigenvalue weighted by molar-refractivity contribution is 0.102. The number of anilines is 1. The van der Waals surface area contributed by atoms with Gasteiger partial charge in [-0.3, -0.25) is 4.79 Å². The van der Waals surface area contributed by atoms with E-state index in [2.05, 4.69) is 10.3 Å². The lowest BCUT2D eigenvalue weighted by Gasteiger charge is -2.07. The van der Waals surface area contributed by atoms with Gasteiger partial charge in [-0.05, 0) is 24.3 Å². The molecular weight excluding hydrogens is 308 g/mol. The van der Waals surface area contributed by atoms with Gasteiger partial charge in [-0.15, -0.1) is 0 Å². The number of aromatic nitrogens is 1. The molecule has 0 fully saturated rings. The molecule has 0 aliphatic rings. The molecule has 110 valence electrons. The van der Waals surface area contributed by atoms with Crippen LogP contribution in [0.4, 0.5) is 5.69 Å². The number of nitrogens with one attached hydrogen (secondary N) is 1. The van der Waals surface area contributed by atoms with Gasteiger partial charge in [0.05, 0.1) is 17.3 Å². The summed E-state index contributed by atoms with van der Waals surface area (Å²) in [6.07, 6.45) is 1.33. The molecule has 0 saturated carbocycles. The molecule has 3 rings (SSSR count). The minimum Gasteiger partial charge on any atom is -0.506 e. The number of benzene rings is 1. The van der Waals surface area contributed by atoms with Gasteiger partial charge in [0.25, 0.3) is 5.91 Å². The number of rotatable bonds is 2. The molecule has 0 atom stereocenters. The molecule has 0 spiro atoms. The van der Waals surface area contributed by atoms with E-state index in [1.165, 1.54) is 24.4 Å². The molecule has 2 heterocycles. The first-order valence-electron chi connectivity index (χ1n) is 6.24. The molecule has 1 aromatic carbocycles. The summed E-state index contributed by atoms with van der Waals surface area (Å²) in [6.45, 7) is 0. The Morgan fingerprint density at radius 2 is 2.00 bits per heavy atom. The third-order valence-corrected chi connectivity index (χ3v) is 3.22. The second kappa shape index (κ2) is 5.50. The molecule has 22 heavy (non-hydrogen) atoms. The standard InChI is InChI=1S/C15H9ClN2O4/c16-11-6-5-8(7-17-11)18-14(20)12-13(19)9-3-1-2-4-10(9)22-15(12)21/h1-7,19H,(H,18,20). The number of nitrogens with zero attached hydrogens (tertiary/aromatic N) is 1. The van der Waals surface area contributed by atoms with Crippen LogP contribution in [0, 0.1) is 0 Å². The molecule has 0 aliphatic carbocycles. The highest BCUT2D eigenvalue weighted by atomic mass is 35.5. The van der Waals surface area contributed by atoms with E-state index in [0.29, 0.717) is 5.69 Å². The van der Waals surface area contributed by atoms with E-state index in [4.69, 9.17) is 16.0 Å². The van der Waals surface area contributed by atoms with Crippen molar-refractivity contribution in [3.8, 4) is 5.75 Å². The fourth-order valence-corrected chi connectivity index (χ4v) is 2.09. The van der Waals surface area contributed by atoms with Crippen LogP contribution in [-0.2, 0) is 0 Å². The van der Waals surface area contributed by atoms with E-state index < -0.39 is 22.8 Å². The zero-order chi connectivity index (χ0) is 15.7. The van der Waals surface area contributed by atoms with Crippen LogP contribution in [0.3, 0.4) is 0 Å². The Balaban J connectivity index is 2.04. The minimum atomic E-state index is -0.921. The van der Waals surface area contributed by atoms with Crippen LogP contribution in [0.2, 0.25) is 5.15 Å². The molecule has 2 N–H and O–H groups in total. The van der Waals surface area contributed by atoms with Gasteiger partial charge in [-0.2, -0.15) is 0 Å². The average molecular weight is 317 g/mol. The number of carbonyl (C=O) groups is 1. The normalized spacial score (nSPS) is 10.6. The predicted molar refractivity (Wildman–Crippen MR) is 81.3 cm³/mol. The Hall–Kier alpha value is -2.86. The summed E-state index contributed by atoms with van der Waals surface area (Å²) >= 11 is 5.65. The molecule has 6 nitrogen and oxygen atoms in total. The Labute approximate surface area is 129 Å². The highest BCUT2D eigenvalue weighted by molar-refractivity contribution is 6.29. The van der Waals surface area contributed by atoms with Crippen LogP contribution in [0.25, 0.3) is 11.0 Å². The Morgan fingerprint density at radius 3 is 2.73 bits per heavy atom. The van der Waals surface area contributed by atoms with E-state index in [-0.39, 0.29) is 16.1 Å². The Kier molecular flexibility index (Phi) is 3.52. The second-order valence-electron chi connectivity index (χ2n) is 4.43. The van der Waals surface area contributed by atoms with Crippen molar-refractivity contribution >= 4 is 34.2 Å². The summed E-state index contributed by atoms with van der Waals surface area (Å²) in [5, 5.41) is 13.2. The summed E-state index contributed by atoms with van der Waals surface area (Å²) < 4.78 is 5.04. The first-order valence-corrected chi connectivity index (χ1v) is 6.62. The summed E-state index contributed by atoms with van der Waals surface area (Å²) in [5.41, 5.74) is -0.847. The zero-order valence-electron chi connectivity index (χ0n) is 11.0. The summed E-state index contributed by atoms with van der Waals surface area (Å²) in [4.78, 5) is 27.9. The maximum absolute atomic E-state index is 12.2. The molecule has 0 saturated heterocycles. The van der Waals surface area contributed by atoms with Gasteiger partial charge < -0.3 is 14.8 Å². The average Bonchev–Trinajstić information content (AvgIpc) is 2.49. The number of amides is 1. The fourth-order valence-electron chi connectivity index (χ4n) is 1.98. The second-order valence-corrected chi connectivity index (χ2v) is 4.82. The number of hydrogen-bond acceptors (Lipinski definition) is 5. The van der Waals surface area contributed by atoms with E-state index in [9.17, 15) is 14.7 Å². The maximum Gasteiger partial charge on any atom is 0.353 e. The molecule has 1 amide bonds. The van der Waals surface area contributed by atoms with Gasteiger partial charge in [-0.1, -0.05) is 23.7 Å². The van der Waals surface area contributed by atoms with Crippen LogP contribution in [0.5, 0.6) is 5.75 Å². The quantitative estimate of drug-likeness (QED) is 0.560. The lowest BCUT2D eigenvalue weighted by Crippen LogP contribution is -2.21. The molecule has 0 aliphatic heterocycles. The number of para-hydroxylation sites is 1. The monoisotopic (exact) mass is 316 g/mol. The van der Waals surface area contributed by atoms with E-state index in [0.717, 1.165) is 0 Å². The molecule has 7 heteroatoms. The number of halogens is 1. The van der Waals surface area contributed by atoms with Crippen molar-refractivity contribution in [3.63, 3.8) is 0 Å². The van der Waals surface area contributed by atoms with Crippen molar-refractivity contribution in [2.75, 3.05) is 5.32 Å². The summed E-state index contributed by atoms with van der Waals surface area (Å²) in [6, 6.07) is 9.40. The van der Waals surface area contributed by atoms with Crippen LogP contribution in [0.15, 0.2) is 51.8 Å². The predicted octanol–water partition coefficient (Wildman–Crippen LogP) is 2.80. The smallest absolute Gasteiger partial charge is 0.353 e. The van der Waals surface area contributed by atoms with Crippen molar-refractivity contribution in [2.45, 2.75) is 0 Å². The molecule has 0 radical (unpaired) electrons. The molecular formula is C15H9ClN2O4. The summed E-state index contributed by atoms with van der Waals surface area (Å²) in [5.74, 6) is -1.22. The fraction of sp³-hybridized carbons (Fsp3) is 0. The Morgan fingerprint density at radius 1 is 1.23 bits per heavy atom. The number of pyridine rings is 1. The van der Waals surface area contributed by atoms with Crippen LogP contribution in [0.1, 0.15) is 10.4 Å². The largest absolute Gasteiger partial charge is 0.506 e. The minimum absolute atomic E-state index is 0.203. The van der Waals surface area contributed by atoms with Gasteiger partial charge in [0.1, 0.15) is 16.5 Å². The van der Waals surface area contributed by atoms with Crippen molar-refractivity contribution in [2.24, 2.45) is 0 Å². The van der Waals surface area contributed by atoms with Crippen LogP contribution < -0.4 is 10.9 Å². The van der Waals surface area contributed by atoms with Gasteiger partial charge in [0.2, 0.25) is 0 Å². The van der Waals surface area contributed by atoms with Crippen molar-refractivity contribution in [3.05, 3.63) is 63.7 Å². The first-order chi connectivity index (χ1) is 10.6. The van der Waals surface area contributed by atoms with Crippen LogP contribution >= 0.6 is 11.6 Å². The number of carbonyl (C=O) groups excluding carboxylic acids is 1. The number of hydrogen-bond donors (Lipinski definition) is 2. The summed E-state index contributed by atoms with van der Waals surface area (Å²) in [7, 11) is 0. The van der Waals surface area contributed by atoms with E-state index >= 15 is 0 Å². The van der Waals surface area contributed by atoms with Gasteiger partial charge in [0, 0.05) is 0 Å². The zero-order valence-corrected chi connectivity index (χ0v) is 11.8. The van der Waals surface area contributed by atoms with Crippen molar-refractivity contribution < 1.29 is 14.3 Å². The van der Waals surface area contributed by atoms with Crippen molar-refractivity contribution in [1.82, 2.24) is 4.98 Å². The lowest BCUT2D eigenvalue weighted by atomic mass is 10.1. The topological polar surface area (TPSA) is 92.4 Å². The van der Waals surface area contributed by atoms with Gasteiger partial charge in [0.15, 0.2) is 5.56 Å². The maximum atomic E-state index is 12.2. The molecule has 0 bridgehead atoms. The Bertz CT molecular complexity index is 919. The molecule has 0 unspecified atom stereocenters. The number of aromatic hydroxyl groups is 1. The highest BCUT2D eigenvalue weighted by Gasteiger charge is 2.20. The molecule has 2 aromatic heterocycles. The van der Waals surface area contributed by atoms with Gasteiger partial charge >= 0.3 is 5.63 Å². The van der Waals surface area contributed by atoms with E-state index in [1.807, 2.05) is 0 Å². The van der Waals surface area contributed by atoms with Crippen molar-refractivity contribution in [1.29, 1.82) is 0 Å².